The summed E-state index contributed by atoms with van der Waals surface area (Å²) in [6.07, 6.45) is 5.70. The van der Waals surface area contributed by atoms with Crippen molar-refractivity contribution < 1.29 is 9.90 Å². The highest BCUT2D eigenvalue weighted by molar-refractivity contribution is 5.67. The molecule has 1 N–H and O–H groups in total. The molecule has 2 bridgehead atoms. The monoisotopic (exact) mass is 269 g/mol. The highest BCUT2D eigenvalue weighted by Gasteiger charge is 2.33. The number of nitrogens with zero attached hydrogens (tertiary/aromatic N) is 1. The minimum Gasteiger partial charge on any atom is -0.481 e. The Morgan fingerprint density at radius 3 is 2.37 bits per heavy atom. The Bertz CT molecular complexity index is 262. The Balaban J connectivity index is 0.000000190. The third-order valence-electron chi connectivity index (χ3n) is 4.97. The van der Waals surface area contributed by atoms with Gasteiger partial charge in [-0.1, -0.05) is 27.2 Å². The number of carbonyl (C=O) groups is 1. The van der Waals surface area contributed by atoms with Gasteiger partial charge in [-0.15, -0.1) is 0 Å². The molecule has 0 saturated carbocycles. The number of hydrogen-bond donors (Lipinski definition) is 1. The first-order valence-electron chi connectivity index (χ1n) is 7.91. The molecule has 2 heterocycles. The van der Waals surface area contributed by atoms with Crippen molar-refractivity contribution in [2.45, 2.75) is 65.8 Å². The van der Waals surface area contributed by atoms with Gasteiger partial charge in [0.2, 0.25) is 0 Å². The van der Waals surface area contributed by atoms with Crippen molar-refractivity contribution in [1.82, 2.24) is 4.90 Å². The molecule has 4 unspecified atom stereocenters. The fourth-order valence-corrected chi connectivity index (χ4v) is 3.41. The van der Waals surface area contributed by atoms with Crippen molar-refractivity contribution in [3.05, 3.63) is 0 Å². The maximum Gasteiger partial charge on any atom is 0.303 e. The van der Waals surface area contributed by atoms with Crippen LogP contribution in [-0.2, 0) is 4.79 Å². The first kappa shape index (κ1) is 16.5. The van der Waals surface area contributed by atoms with Gasteiger partial charge in [-0.25, -0.2) is 0 Å². The molecule has 0 spiro atoms. The Labute approximate surface area is 118 Å². The zero-order valence-corrected chi connectivity index (χ0v) is 13.1. The number of hydrogen-bond acceptors (Lipinski definition) is 2. The van der Waals surface area contributed by atoms with Crippen molar-refractivity contribution in [2.75, 3.05) is 13.1 Å². The highest BCUT2D eigenvalue weighted by atomic mass is 16.4. The normalized spacial score (nSPS) is 30.7. The number of aliphatic carboxylic acids is 1. The molecule has 2 fully saturated rings. The summed E-state index contributed by atoms with van der Waals surface area (Å²) in [5.74, 6) is 1.21. The van der Waals surface area contributed by atoms with Gasteiger partial charge in [-0.3, -0.25) is 4.79 Å². The van der Waals surface area contributed by atoms with Crippen LogP contribution < -0.4 is 0 Å². The van der Waals surface area contributed by atoms with Crippen LogP contribution in [0.2, 0.25) is 0 Å². The Hall–Kier alpha value is -0.570. The lowest BCUT2D eigenvalue weighted by atomic mass is 9.90. The van der Waals surface area contributed by atoms with E-state index in [1.807, 2.05) is 6.92 Å². The quantitative estimate of drug-likeness (QED) is 0.847. The molecule has 3 heteroatoms. The SMILES string of the molecule is CC1C2CCCN1CC2.CCC(CC(=O)O)C(C)C. The number of piperidine rings is 1. The van der Waals surface area contributed by atoms with Gasteiger partial charge in [0.25, 0.3) is 0 Å². The average Bonchev–Trinajstić information content (AvgIpc) is 2.58. The largest absolute Gasteiger partial charge is 0.481 e. The lowest BCUT2D eigenvalue weighted by molar-refractivity contribution is -0.138. The minimum atomic E-state index is -0.680. The molecule has 0 amide bonds. The van der Waals surface area contributed by atoms with Crippen LogP contribution in [-0.4, -0.2) is 35.1 Å². The minimum absolute atomic E-state index is 0.314. The zero-order chi connectivity index (χ0) is 14.4. The Morgan fingerprint density at radius 1 is 1.32 bits per heavy atom. The lowest BCUT2D eigenvalue weighted by Gasteiger charge is -2.29. The topological polar surface area (TPSA) is 40.5 Å². The van der Waals surface area contributed by atoms with Gasteiger partial charge in [0.05, 0.1) is 0 Å². The van der Waals surface area contributed by atoms with Crippen molar-refractivity contribution >= 4 is 5.97 Å². The van der Waals surface area contributed by atoms with E-state index < -0.39 is 5.97 Å². The average molecular weight is 269 g/mol. The molecule has 2 aliphatic rings. The van der Waals surface area contributed by atoms with E-state index in [0.717, 1.165) is 18.4 Å². The van der Waals surface area contributed by atoms with Crippen LogP contribution in [0.25, 0.3) is 0 Å². The van der Waals surface area contributed by atoms with E-state index in [9.17, 15) is 4.79 Å². The smallest absolute Gasteiger partial charge is 0.303 e. The number of fused-ring (bicyclic) bond motifs is 2. The Kier molecular flexibility index (Phi) is 6.84. The third kappa shape index (κ3) is 5.13. The van der Waals surface area contributed by atoms with Gasteiger partial charge >= 0.3 is 5.97 Å². The molecule has 2 aliphatic heterocycles. The molecule has 2 rings (SSSR count). The van der Waals surface area contributed by atoms with Crippen LogP contribution >= 0.6 is 0 Å². The van der Waals surface area contributed by atoms with Gasteiger partial charge in [0.15, 0.2) is 0 Å². The molecule has 19 heavy (non-hydrogen) atoms. The molecule has 0 radical (unpaired) electrons. The number of carboxylic acids is 1. The summed E-state index contributed by atoms with van der Waals surface area (Å²) in [5, 5.41) is 8.46. The van der Waals surface area contributed by atoms with Crippen LogP contribution in [0.5, 0.6) is 0 Å². The number of rotatable bonds is 4. The van der Waals surface area contributed by atoms with E-state index >= 15 is 0 Å². The summed E-state index contributed by atoms with van der Waals surface area (Å²) in [6.45, 7) is 11.3. The maximum absolute atomic E-state index is 10.3. The summed E-state index contributed by atoms with van der Waals surface area (Å²) >= 11 is 0. The van der Waals surface area contributed by atoms with Gasteiger partial charge in [0.1, 0.15) is 0 Å². The van der Waals surface area contributed by atoms with E-state index in [0.29, 0.717) is 18.3 Å². The second kappa shape index (κ2) is 7.88. The number of carboxylic acid groups (broad SMARTS) is 1. The van der Waals surface area contributed by atoms with Crippen LogP contribution in [0.1, 0.15) is 59.8 Å². The van der Waals surface area contributed by atoms with E-state index in [1.165, 1.54) is 32.4 Å². The van der Waals surface area contributed by atoms with Gasteiger partial charge in [-0.05, 0) is 57.0 Å². The molecule has 0 aromatic rings. The molecule has 112 valence electrons. The molecule has 3 nitrogen and oxygen atoms in total. The molecular formula is C16H31NO2. The second-order valence-corrected chi connectivity index (χ2v) is 6.48. The molecule has 0 aromatic carbocycles. The van der Waals surface area contributed by atoms with E-state index in [1.54, 1.807) is 0 Å². The predicted molar refractivity (Wildman–Crippen MR) is 79.2 cm³/mol. The zero-order valence-electron chi connectivity index (χ0n) is 13.1. The second-order valence-electron chi connectivity index (χ2n) is 6.48. The molecule has 0 aliphatic carbocycles. The molecule has 2 saturated heterocycles. The van der Waals surface area contributed by atoms with Crippen LogP contribution in [0.4, 0.5) is 0 Å². The van der Waals surface area contributed by atoms with Crippen LogP contribution in [0.15, 0.2) is 0 Å². The molecule has 0 aromatic heterocycles. The summed E-state index contributed by atoms with van der Waals surface area (Å²) in [6, 6.07) is 0.916. The molecule has 4 atom stereocenters. The lowest BCUT2D eigenvalue weighted by Crippen LogP contribution is -2.34. The fourth-order valence-electron chi connectivity index (χ4n) is 3.41. The third-order valence-corrected chi connectivity index (χ3v) is 4.97. The van der Waals surface area contributed by atoms with Crippen LogP contribution in [0, 0.1) is 17.8 Å². The summed E-state index contributed by atoms with van der Waals surface area (Å²) < 4.78 is 0. The Morgan fingerprint density at radius 2 is 2.00 bits per heavy atom. The summed E-state index contributed by atoms with van der Waals surface area (Å²) in [4.78, 5) is 12.9. The summed E-state index contributed by atoms with van der Waals surface area (Å²) in [5.41, 5.74) is 0. The molecular weight excluding hydrogens is 238 g/mol. The van der Waals surface area contributed by atoms with E-state index in [4.69, 9.17) is 5.11 Å². The van der Waals surface area contributed by atoms with E-state index in [-0.39, 0.29) is 0 Å². The summed E-state index contributed by atoms with van der Waals surface area (Å²) in [7, 11) is 0. The van der Waals surface area contributed by atoms with Crippen molar-refractivity contribution in [2.24, 2.45) is 17.8 Å². The van der Waals surface area contributed by atoms with Gasteiger partial charge in [0, 0.05) is 12.5 Å². The first-order chi connectivity index (χ1) is 8.95. The predicted octanol–water partition coefficient (Wildman–Crippen LogP) is 3.63. The van der Waals surface area contributed by atoms with E-state index in [2.05, 4.69) is 25.7 Å². The van der Waals surface area contributed by atoms with Gasteiger partial charge in [-0.2, -0.15) is 0 Å². The van der Waals surface area contributed by atoms with Crippen molar-refractivity contribution in [3.63, 3.8) is 0 Å². The van der Waals surface area contributed by atoms with Crippen molar-refractivity contribution in [3.8, 4) is 0 Å². The fraction of sp³-hybridized carbons (Fsp3) is 0.938. The highest BCUT2D eigenvalue weighted by Crippen LogP contribution is 2.32. The standard InChI is InChI=1S/C8H15N.C8H16O2/c1-7-8-3-2-5-9(7)6-4-8;1-4-7(6(2)3)5-8(9)10/h7-8H,2-6H2,1H3;6-7H,4-5H2,1-3H3,(H,9,10). The van der Waals surface area contributed by atoms with Crippen LogP contribution in [0.3, 0.4) is 0 Å². The first-order valence-corrected chi connectivity index (χ1v) is 7.91. The van der Waals surface area contributed by atoms with Gasteiger partial charge < -0.3 is 10.0 Å². The van der Waals surface area contributed by atoms with Crippen molar-refractivity contribution in [1.29, 1.82) is 0 Å². The maximum atomic E-state index is 10.3.